The first-order chi connectivity index (χ1) is 10.6. The number of amides is 1. The SMILES string of the molecule is Cc1cnc([C@H]2CN(C(=O)c3ccnn3C(C)C)CCO2)[nH]1. The quantitative estimate of drug-likeness (QED) is 0.936. The van der Waals surface area contributed by atoms with E-state index in [4.69, 9.17) is 4.74 Å². The molecule has 0 aliphatic carbocycles. The molecule has 0 radical (unpaired) electrons. The average Bonchev–Trinajstić information content (AvgIpc) is 3.15. The van der Waals surface area contributed by atoms with Crippen LogP contribution in [0.2, 0.25) is 0 Å². The van der Waals surface area contributed by atoms with Crippen LogP contribution in [-0.4, -0.2) is 50.3 Å². The van der Waals surface area contributed by atoms with Crippen molar-refractivity contribution < 1.29 is 9.53 Å². The zero-order chi connectivity index (χ0) is 15.7. The summed E-state index contributed by atoms with van der Waals surface area (Å²) in [6, 6.07) is 1.92. The lowest BCUT2D eigenvalue weighted by Crippen LogP contribution is -2.43. The molecular weight excluding hydrogens is 282 g/mol. The number of nitrogens with zero attached hydrogens (tertiary/aromatic N) is 4. The standard InChI is InChI=1S/C15H21N5O2/c1-10(2)20-12(4-5-17-20)15(21)19-6-7-22-13(9-19)14-16-8-11(3)18-14/h4-5,8,10,13H,6-7,9H2,1-3H3,(H,16,18)/t13-/m1/s1. The number of imidazole rings is 1. The van der Waals surface area contributed by atoms with E-state index in [1.54, 1.807) is 23.1 Å². The number of H-pyrrole nitrogens is 1. The summed E-state index contributed by atoms with van der Waals surface area (Å²) in [6.07, 6.45) is 3.23. The molecule has 0 bridgehead atoms. The van der Waals surface area contributed by atoms with Crippen molar-refractivity contribution in [3.63, 3.8) is 0 Å². The number of aromatic nitrogens is 4. The number of morpholine rings is 1. The molecule has 1 aliphatic rings. The molecule has 22 heavy (non-hydrogen) atoms. The van der Waals surface area contributed by atoms with Crippen LogP contribution >= 0.6 is 0 Å². The van der Waals surface area contributed by atoms with Gasteiger partial charge in [-0.3, -0.25) is 9.48 Å². The summed E-state index contributed by atoms with van der Waals surface area (Å²) < 4.78 is 7.50. The van der Waals surface area contributed by atoms with Crippen molar-refractivity contribution in [2.75, 3.05) is 19.7 Å². The molecular formula is C15H21N5O2. The first-order valence-corrected chi connectivity index (χ1v) is 7.52. The third kappa shape index (κ3) is 2.76. The fourth-order valence-corrected chi connectivity index (χ4v) is 2.65. The Morgan fingerprint density at radius 1 is 1.50 bits per heavy atom. The van der Waals surface area contributed by atoms with Gasteiger partial charge in [-0.2, -0.15) is 5.10 Å². The van der Waals surface area contributed by atoms with Crippen molar-refractivity contribution in [2.24, 2.45) is 0 Å². The maximum absolute atomic E-state index is 12.7. The molecule has 7 heteroatoms. The molecule has 1 fully saturated rings. The Labute approximate surface area is 129 Å². The van der Waals surface area contributed by atoms with Crippen LogP contribution in [0.1, 0.15) is 48.0 Å². The Morgan fingerprint density at radius 2 is 2.32 bits per heavy atom. The number of aryl methyl sites for hydroxylation is 1. The fraction of sp³-hybridized carbons (Fsp3) is 0.533. The zero-order valence-corrected chi connectivity index (χ0v) is 13.1. The van der Waals surface area contributed by atoms with Crippen LogP contribution in [0.5, 0.6) is 0 Å². The molecule has 0 unspecified atom stereocenters. The lowest BCUT2D eigenvalue weighted by molar-refractivity contribution is -0.0268. The Hall–Kier alpha value is -2.15. The summed E-state index contributed by atoms with van der Waals surface area (Å²) in [7, 11) is 0. The van der Waals surface area contributed by atoms with Gasteiger partial charge in [0, 0.05) is 30.7 Å². The first-order valence-electron chi connectivity index (χ1n) is 7.52. The lowest BCUT2D eigenvalue weighted by Gasteiger charge is -2.32. The van der Waals surface area contributed by atoms with E-state index in [1.807, 2.05) is 25.7 Å². The molecule has 7 nitrogen and oxygen atoms in total. The van der Waals surface area contributed by atoms with Crippen molar-refractivity contribution in [3.8, 4) is 0 Å². The van der Waals surface area contributed by atoms with Crippen molar-refractivity contribution >= 4 is 5.91 Å². The third-order valence-electron chi connectivity index (χ3n) is 3.76. The van der Waals surface area contributed by atoms with Crippen LogP contribution < -0.4 is 0 Å². The molecule has 3 heterocycles. The highest BCUT2D eigenvalue weighted by atomic mass is 16.5. The molecule has 1 N–H and O–H groups in total. The Bertz CT molecular complexity index is 660. The normalized spacial score (nSPS) is 18.9. The van der Waals surface area contributed by atoms with Crippen LogP contribution in [0.4, 0.5) is 0 Å². The third-order valence-corrected chi connectivity index (χ3v) is 3.76. The van der Waals surface area contributed by atoms with Gasteiger partial charge in [0.05, 0.1) is 13.2 Å². The maximum atomic E-state index is 12.7. The van der Waals surface area contributed by atoms with Gasteiger partial charge in [-0.15, -0.1) is 0 Å². The minimum atomic E-state index is -0.207. The van der Waals surface area contributed by atoms with Gasteiger partial charge in [-0.1, -0.05) is 0 Å². The number of hydrogen-bond donors (Lipinski definition) is 1. The molecule has 0 saturated carbocycles. The predicted octanol–water partition coefficient (Wildman–Crippen LogP) is 1.71. The number of ether oxygens (including phenoxy) is 1. The summed E-state index contributed by atoms with van der Waals surface area (Å²) >= 11 is 0. The summed E-state index contributed by atoms with van der Waals surface area (Å²) in [5.41, 5.74) is 1.60. The fourth-order valence-electron chi connectivity index (χ4n) is 2.65. The van der Waals surface area contributed by atoms with Gasteiger partial charge >= 0.3 is 0 Å². The van der Waals surface area contributed by atoms with E-state index in [1.165, 1.54) is 0 Å². The zero-order valence-electron chi connectivity index (χ0n) is 13.1. The molecule has 1 saturated heterocycles. The molecule has 2 aromatic rings. The smallest absolute Gasteiger partial charge is 0.272 e. The molecule has 1 atom stereocenters. The van der Waals surface area contributed by atoms with E-state index in [2.05, 4.69) is 15.1 Å². The van der Waals surface area contributed by atoms with E-state index in [0.717, 1.165) is 11.5 Å². The second-order valence-corrected chi connectivity index (χ2v) is 5.82. The van der Waals surface area contributed by atoms with Crippen molar-refractivity contribution in [3.05, 3.63) is 35.7 Å². The van der Waals surface area contributed by atoms with Gasteiger partial charge < -0.3 is 14.6 Å². The summed E-state index contributed by atoms with van der Waals surface area (Å²) in [5, 5.41) is 4.23. The minimum absolute atomic E-state index is 0.0113. The second kappa shape index (κ2) is 5.92. The molecule has 1 aliphatic heterocycles. The van der Waals surface area contributed by atoms with Gasteiger partial charge in [0.15, 0.2) is 0 Å². The van der Waals surface area contributed by atoms with E-state index in [0.29, 0.717) is 25.4 Å². The average molecular weight is 303 g/mol. The van der Waals surface area contributed by atoms with Gasteiger partial charge in [-0.25, -0.2) is 4.98 Å². The summed E-state index contributed by atoms with van der Waals surface area (Å²) in [6.45, 7) is 7.55. The topological polar surface area (TPSA) is 76.0 Å². The molecule has 118 valence electrons. The molecule has 3 rings (SSSR count). The highest BCUT2D eigenvalue weighted by Gasteiger charge is 2.29. The molecule has 0 aromatic carbocycles. The first kappa shape index (κ1) is 14.8. The van der Waals surface area contributed by atoms with Crippen LogP contribution in [0.3, 0.4) is 0 Å². The van der Waals surface area contributed by atoms with E-state index in [9.17, 15) is 4.79 Å². The predicted molar refractivity (Wildman–Crippen MR) is 80.5 cm³/mol. The second-order valence-electron chi connectivity index (χ2n) is 5.82. The van der Waals surface area contributed by atoms with Gasteiger partial charge in [0.1, 0.15) is 17.6 Å². The van der Waals surface area contributed by atoms with E-state index >= 15 is 0 Å². The van der Waals surface area contributed by atoms with Crippen LogP contribution in [-0.2, 0) is 4.74 Å². The Morgan fingerprint density at radius 3 is 3.00 bits per heavy atom. The lowest BCUT2D eigenvalue weighted by atomic mass is 10.2. The largest absolute Gasteiger partial charge is 0.367 e. The maximum Gasteiger partial charge on any atom is 0.272 e. The van der Waals surface area contributed by atoms with Gasteiger partial charge in [0.25, 0.3) is 5.91 Å². The van der Waals surface area contributed by atoms with Crippen LogP contribution in [0, 0.1) is 6.92 Å². The monoisotopic (exact) mass is 303 g/mol. The number of aromatic amines is 1. The van der Waals surface area contributed by atoms with E-state index < -0.39 is 0 Å². The van der Waals surface area contributed by atoms with Crippen molar-refractivity contribution in [1.29, 1.82) is 0 Å². The van der Waals surface area contributed by atoms with E-state index in [-0.39, 0.29) is 18.1 Å². The summed E-state index contributed by atoms with van der Waals surface area (Å²) in [4.78, 5) is 22.0. The number of nitrogens with one attached hydrogen (secondary N) is 1. The van der Waals surface area contributed by atoms with Crippen molar-refractivity contribution in [1.82, 2.24) is 24.6 Å². The highest BCUT2D eigenvalue weighted by Crippen LogP contribution is 2.21. The van der Waals surface area contributed by atoms with Gasteiger partial charge in [0.2, 0.25) is 0 Å². The van der Waals surface area contributed by atoms with Crippen molar-refractivity contribution in [2.45, 2.75) is 32.9 Å². The van der Waals surface area contributed by atoms with Gasteiger partial charge in [-0.05, 0) is 26.8 Å². The Kier molecular flexibility index (Phi) is 3.98. The van der Waals surface area contributed by atoms with Crippen LogP contribution in [0.15, 0.2) is 18.5 Å². The number of hydrogen-bond acceptors (Lipinski definition) is 4. The number of carbonyl (C=O) groups is 1. The van der Waals surface area contributed by atoms with Crippen LogP contribution in [0.25, 0.3) is 0 Å². The molecule has 2 aromatic heterocycles. The highest BCUT2D eigenvalue weighted by molar-refractivity contribution is 5.92. The number of carbonyl (C=O) groups excluding carboxylic acids is 1. The molecule has 0 spiro atoms. The minimum Gasteiger partial charge on any atom is -0.367 e. The Balaban J connectivity index is 1.77. The summed E-state index contributed by atoms with van der Waals surface area (Å²) in [5.74, 6) is 0.759. The molecule has 1 amide bonds. The number of rotatable bonds is 3.